The van der Waals surface area contributed by atoms with Gasteiger partial charge in [-0.3, -0.25) is 15.2 Å². The first-order valence-electron chi connectivity index (χ1n) is 9.88. The summed E-state index contributed by atoms with van der Waals surface area (Å²) in [5.41, 5.74) is 0.698. The average Bonchev–Trinajstić information content (AvgIpc) is 3.22. The van der Waals surface area contributed by atoms with E-state index in [1.54, 1.807) is 24.3 Å². The summed E-state index contributed by atoms with van der Waals surface area (Å²) in [5, 5.41) is 9.06. The Bertz CT molecular complexity index is 1360. The Morgan fingerprint density at radius 2 is 1.58 bits per heavy atom. The molecule has 1 aromatic heterocycles. The molecule has 176 valence electrons. The molecule has 1 amide bonds. The van der Waals surface area contributed by atoms with Crippen LogP contribution in [0.25, 0.3) is 11.4 Å². The van der Waals surface area contributed by atoms with Crippen molar-refractivity contribution in [3.05, 3.63) is 48.5 Å². The quantitative estimate of drug-likeness (QED) is 0.487. The molecule has 33 heavy (non-hydrogen) atoms. The molecule has 0 aliphatic heterocycles. The molecule has 0 bridgehead atoms. The minimum absolute atomic E-state index is 0.0220. The number of ether oxygens (including phenoxy) is 1. The van der Waals surface area contributed by atoms with Gasteiger partial charge in [-0.25, -0.2) is 16.8 Å². The number of rotatable bonds is 8. The zero-order valence-electron chi connectivity index (χ0n) is 18.5. The number of aromatic nitrogens is 3. The highest BCUT2D eigenvalue weighted by molar-refractivity contribution is 7.93. The number of carbonyl (C=O) groups excluding carboxylic acids is 1. The molecule has 12 heteroatoms. The highest BCUT2D eigenvalue weighted by Gasteiger charge is 2.43. The van der Waals surface area contributed by atoms with Crippen LogP contribution >= 0.6 is 0 Å². The summed E-state index contributed by atoms with van der Waals surface area (Å²) in [6.45, 7) is 4.92. The summed E-state index contributed by atoms with van der Waals surface area (Å²) >= 11 is 0. The van der Waals surface area contributed by atoms with Gasteiger partial charge in [0.25, 0.3) is 0 Å². The van der Waals surface area contributed by atoms with Gasteiger partial charge in [-0.15, -0.1) is 5.10 Å². The molecule has 0 aliphatic carbocycles. The standard InChI is InChI=1S/C21H24N4O6S2/c1-5-31-15-8-6-14(7-9-15)18-22-20(25-24-18)23-19(26)21(2,3)33(29,30)17-12-10-16(11-13-17)32(4,27)28/h6-13H,5H2,1-4H3,(H2,22,23,24,25,26). The van der Waals surface area contributed by atoms with E-state index in [1.165, 1.54) is 26.0 Å². The number of nitrogens with one attached hydrogen (secondary N) is 2. The van der Waals surface area contributed by atoms with Gasteiger partial charge >= 0.3 is 0 Å². The Hall–Kier alpha value is -3.25. The van der Waals surface area contributed by atoms with Gasteiger partial charge in [0.15, 0.2) is 25.5 Å². The molecule has 0 saturated heterocycles. The maximum atomic E-state index is 13.1. The molecule has 0 aliphatic rings. The number of carbonyl (C=O) groups is 1. The smallest absolute Gasteiger partial charge is 0.249 e. The summed E-state index contributed by atoms with van der Waals surface area (Å²) in [4.78, 5) is 16.8. The molecular formula is C21H24N4O6S2. The zero-order chi connectivity index (χ0) is 24.4. The van der Waals surface area contributed by atoms with Crippen LogP contribution in [0, 0.1) is 0 Å². The van der Waals surface area contributed by atoms with E-state index in [0.717, 1.165) is 18.4 Å². The van der Waals surface area contributed by atoms with Crippen LogP contribution in [0.4, 0.5) is 5.95 Å². The minimum atomic E-state index is -4.16. The molecule has 0 saturated carbocycles. The van der Waals surface area contributed by atoms with Crippen LogP contribution in [0.5, 0.6) is 5.75 Å². The maximum Gasteiger partial charge on any atom is 0.249 e. The maximum absolute atomic E-state index is 13.1. The Labute approximate surface area is 192 Å². The van der Waals surface area contributed by atoms with Crippen molar-refractivity contribution in [2.45, 2.75) is 35.3 Å². The van der Waals surface area contributed by atoms with E-state index < -0.39 is 30.3 Å². The number of hydrogen-bond donors (Lipinski definition) is 2. The van der Waals surface area contributed by atoms with Crippen molar-refractivity contribution in [1.29, 1.82) is 0 Å². The molecule has 0 atom stereocenters. The van der Waals surface area contributed by atoms with Gasteiger partial charge in [0.05, 0.1) is 16.4 Å². The third-order valence-electron chi connectivity index (χ3n) is 4.93. The molecule has 1 heterocycles. The van der Waals surface area contributed by atoms with Crippen LogP contribution in [-0.2, 0) is 24.5 Å². The second kappa shape index (κ2) is 8.94. The average molecular weight is 493 g/mol. The first-order valence-corrected chi connectivity index (χ1v) is 13.3. The largest absolute Gasteiger partial charge is 0.494 e. The van der Waals surface area contributed by atoms with E-state index in [1.807, 2.05) is 6.92 Å². The van der Waals surface area contributed by atoms with Gasteiger partial charge in [-0.05, 0) is 69.3 Å². The Morgan fingerprint density at radius 3 is 2.12 bits per heavy atom. The molecule has 0 spiro atoms. The van der Waals surface area contributed by atoms with Crippen LogP contribution in [0.1, 0.15) is 20.8 Å². The lowest BCUT2D eigenvalue weighted by molar-refractivity contribution is -0.117. The third kappa shape index (κ3) is 5.06. The lowest BCUT2D eigenvalue weighted by atomic mass is 10.2. The van der Waals surface area contributed by atoms with Crippen molar-refractivity contribution >= 4 is 31.5 Å². The van der Waals surface area contributed by atoms with Crippen molar-refractivity contribution in [1.82, 2.24) is 15.2 Å². The molecule has 0 unspecified atom stereocenters. The zero-order valence-corrected chi connectivity index (χ0v) is 20.1. The summed E-state index contributed by atoms with van der Waals surface area (Å²) in [6.07, 6.45) is 1.02. The SMILES string of the molecule is CCOc1ccc(-c2nc(NC(=O)C(C)(C)S(=O)(=O)c3ccc(S(C)(=O)=O)cc3)n[nH]2)cc1. The second-order valence-corrected chi connectivity index (χ2v) is 12.2. The van der Waals surface area contributed by atoms with Crippen LogP contribution in [-0.4, -0.2) is 55.5 Å². The monoisotopic (exact) mass is 492 g/mol. The molecule has 2 aromatic carbocycles. The van der Waals surface area contributed by atoms with Crippen LogP contribution in [0.15, 0.2) is 58.3 Å². The van der Waals surface area contributed by atoms with Crippen LogP contribution in [0.3, 0.4) is 0 Å². The third-order valence-corrected chi connectivity index (χ3v) is 8.48. The van der Waals surface area contributed by atoms with E-state index >= 15 is 0 Å². The van der Waals surface area contributed by atoms with Crippen molar-refractivity contribution in [2.75, 3.05) is 18.2 Å². The van der Waals surface area contributed by atoms with Gasteiger partial charge in [-0.2, -0.15) is 4.98 Å². The van der Waals surface area contributed by atoms with E-state index in [0.29, 0.717) is 23.7 Å². The number of H-pyrrole nitrogens is 1. The first kappa shape index (κ1) is 24.4. The topological polar surface area (TPSA) is 148 Å². The van der Waals surface area contributed by atoms with Gasteiger partial charge < -0.3 is 4.74 Å². The van der Waals surface area contributed by atoms with E-state index in [9.17, 15) is 21.6 Å². The Morgan fingerprint density at radius 1 is 1.00 bits per heavy atom. The number of hydrogen-bond acceptors (Lipinski definition) is 8. The van der Waals surface area contributed by atoms with Gasteiger partial charge in [-0.1, -0.05) is 0 Å². The van der Waals surface area contributed by atoms with Crippen molar-refractivity contribution in [3.8, 4) is 17.1 Å². The van der Waals surface area contributed by atoms with Crippen LogP contribution in [0.2, 0.25) is 0 Å². The summed E-state index contributed by atoms with van der Waals surface area (Å²) < 4.78 is 52.9. The number of aromatic amines is 1. The van der Waals surface area contributed by atoms with Crippen molar-refractivity contribution < 1.29 is 26.4 Å². The highest BCUT2D eigenvalue weighted by Crippen LogP contribution is 2.28. The molecule has 10 nitrogen and oxygen atoms in total. The summed E-state index contributed by atoms with van der Waals surface area (Å²) in [7, 11) is -7.65. The van der Waals surface area contributed by atoms with E-state index in [2.05, 4.69) is 20.5 Å². The predicted molar refractivity (Wildman–Crippen MR) is 122 cm³/mol. The summed E-state index contributed by atoms with van der Waals surface area (Å²) in [6, 6.07) is 11.8. The van der Waals surface area contributed by atoms with E-state index in [-0.39, 0.29) is 15.7 Å². The lowest BCUT2D eigenvalue weighted by Gasteiger charge is -2.23. The van der Waals surface area contributed by atoms with Gasteiger partial charge in [0.2, 0.25) is 11.9 Å². The minimum Gasteiger partial charge on any atom is -0.494 e. The molecule has 3 aromatic rings. The summed E-state index contributed by atoms with van der Waals surface area (Å²) in [5.74, 6) is 0.155. The number of amides is 1. The Balaban J connectivity index is 1.79. The molecule has 0 radical (unpaired) electrons. The molecule has 0 fully saturated rings. The number of nitrogens with zero attached hydrogens (tertiary/aromatic N) is 2. The predicted octanol–water partition coefficient (Wildman–Crippen LogP) is 2.46. The van der Waals surface area contributed by atoms with Crippen molar-refractivity contribution in [2.24, 2.45) is 0 Å². The second-order valence-electron chi connectivity index (χ2n) is 7.68. The number of anilines is 1. The fourth-order valence-electron chi connectivity index (χ4n) is 2.86. The number of sulfone groups is 2. The molecule has 3 rings (SSSR count). The fourth-order valence-corrected chi connectivity index (χ4v) is 4.87. The molecule has 2 N–H and O–H groups in total. The van der Waals surface area contributed by atoms with Crippen molar-refractivity contribution in [3.63, 3.8) is 0 Å². The Kier molecular flexibility index (Phi) is 6.61. The van der Waals surface area contributed by atoms with E-state index in [4.69, 9.17) is 4.74 Å². The highest BCUT2D eigenvalue weighted by atomic mass is 32.2. The normalized spacial score (nSPS) is 12.4. The first-order chi connectivity index (χ1) is 15.4. The molecular weight excluding hydrogens is 468 g/mol. The van der Waals surface area contributed by atoms with Gasteiger partial charge in [0, 0.05) is 11.8 Å². The lowest BCUT2D eigenvalue weighted by Crippen LogP contribution is -2.44. The van der Waals surface area contributed by atoms with Gasteiger partial charge in [0.1, 0.15) is 10.5 Å². The fraction of sp³-hybridized carbons (Fsp3) is 0.286. The number of benzene rings is 2. The van der Waals surface area contributed by atoms with Crippen LogP contribution < -0.4 is 10.1 Å².